The lowest BCUT2D eigenvalue weighted by atomic mass is 10.1. The number of aryl methyl sites for hydroxylation is 1. The second-order valence-electron chi connectivity index (χ2n) is 3.66. The van der Waals surface area contributed by atoms with E-state index in [-0.39, 0.29) is 11.5 Å². The molecule has 14 heavy (non-hydrogen) atoms. The van der Waals surface area contributed by atoms with Crippen molar-refractivity contribution in [3.05, 3.63) is 22.2 Å². The Balaban J connectivity index is 2.88. The minimum atomic E-state index is -0.231. The summed E-state index contributed by atoms with van der Waals surface area (Å²) < 4.78 is 1.63. The van der Waals surface area contributed by atoms with Crippen LogP contribution in [0.4, 0.5) is 0 Å². The maximum atomic E-state index is 11.4. The highest BCUT2D eigenvalue weighted by atomic mass is 16.1. The number of H-pyrrole nitrogens is 1. The summed E-state index contributed by atoms with van der Waals surface area (Å²) in [5.74, 6) is 0.276. The normalized spacial score (nSPS) is 11.4. The monoisotopic (exact) mass is 192 g/mol. The Bertz CT molecular complexity index is 523. The second-order valence-corrected chi connectivity index (χ2v) is 3.66. The van der Waals surface area contributed by atoms with Gasteiger partial charge in [0.2, 0.25) is 0 Å². The Kier molecular flexibility index (Phi) is 1.87. The van der Waals surface area contributed by atoms with Crippen LogP contribution in [0.3, 0.4) is 0 Å². The molecule has 2 aromatic heterocycles. The number of nitrogens with one attached hydrogen (secondary N) is 1. The van der Waals surface area contributed by atoms with Gasteiger partial charge in [0.05, 0.1) is 5.69 Å². The molecule has 0 radical (unpaired) electrons. The Morgan fingerprint density at radius 3 is 2.86 bits per heavy atom. The third-order valence-corrected chi connectivity index (χ3v) is 2.14. The third-order valence-electron chi connectivity index (χ3n) is 2.14. The van der Waals surface area contributed by atoms with E-state index in [0.29, 0.717) is 5.52 Å². The van der Waals surface area contributed by atoms with Crippen molar-refractivity contribution in [2.24, 2.45) is 7.05 Å². The highest BCUT2D eigenvalue weighted by Gasteiger charge is 2.12. The predicted octanol–water partition coefficient (Wildman–Crippen LogP) is 0.780. The Labute approximate surface area is 80.7 Å². The Morgan fingerprint density at radius 1 is 1.50 bits per heavy atom. The summed E-state index contributed by atoms with van der Waals surface area (Å²) in [7, 11) is 1.80. The van der Waals surface area contributed by atoms with Gasteiger partial charge in [-0.05, 0) is 5.92 Å². The van der Waals surface area contributed by atoms with Crippen LogP contribution >= 0.6 is 0 Å². The van der Waals surface area contributed by atoms with Crippen LogP contribution in [-0.2, 0) is 7.05 Å². The lowest BCUT2D eigenvalue weighted by Crippen LogP contribution is -2.11. The molecule has 0 saturated heterocycles. The number of hydrogen-bond acceptors (Lipinski definition) is 3. The topological polar surface area (TPSA) is 63.6 Å². The lowest BCUT2D eigenvalue weighted by molar-refractivity contribution is 0.777. The van der Waals surface area contributed by atoms with Gasteiger partial charge >= 0.3 is 0 Å². The van der Waals surface area contributed by atoms with Crippen molar-refractivity contribution in [2.45, 2.75) is 19.8 Å². The second kappa shape index (κ2) is 2.94. The number of rotatable bonds is 1. The van der Waals surface area contributed by atoms with E-state index >= 15 is 0 Å². The van der Waals surface area contributed by atoms with Crippen LogP contribution in [0.25, 0.3) is 10.9 Å². The van der Waals surface area contributed by atoms with Crippen LogP contribution in [0.1, 0.15) is 25.5 Å². The van der Waals surface area contributed by atoms with Crippen molar-refractivity contribution in [3.63, 3.8) is 0 Å². The van der Waals surface area contributed by atoms with Gasteiger partial charge in [-0.15, -0.1) is 0 Å². The molecule has 2 heterocycles. The molecule has 0 fully saturated rings. The molecule has 0 saturated carbocycles. The Morgan fingerprint density at radius 2 is 2.21 bits per heavy atom. The molecule has 0 unspecified atom stereocenters. The Hall–Kier alpha value is -1.65. The molecule has 1 N–H and O–H groups in total. The highest BCUT2D eigenvalue weighted by molar-refractivity contribution is 5.79. The van der Waals surface area contributed by atoms with E-state index in [1.807, 2.05) is 20.0 Å². The first-order chi connectivity index (χ1) is 6.59. The van der Waals surface area contributed by atoms with Crippen molar-refractivity contribution in [1.29, 1.82) is 0 Å². The van der Waals surface area contributed by atoms with Crippen LogP contribution in [0.15, 0.2) is 11.0 Å². The van der Waals surface area contributed by atoms with Gasteiger partial charge in [-0.2, -0.15) is 10.2 Å². The summed E-state index contributed by atoms with van der Waals surface area (Å²) in [5, 5.41) is 11.4. The molecule has 0 spiro atoms. The fourth-order valence-electron chi connectivity index (χ4n) is 1.51. The van der Waals surface area contributed by atoms with Crippen molar-refractivity contribution >= 4 is 10.9 Å². The maximum absolute atomic E-state index is 11.4. The summed E-state index contributed by atoms with van der Waals surface area (Å²) in [6.45, 7) is 4.07. The minimum absolute atomic E-state index is 0.231. The first kappa shape index (κ1) is 8.93. The molecule has 0 atom stereocenters. The van der Waals surface area contributed by atoms with Gasteiger partial charge in [-0.25, -0.2) is 5.10 Å². The van der Waals surface area contributed by atoms with Gasteiger partial charge in [0.25, 0.3) is 5.56 Å². The third kappa shape index (κ3) is 1.21. The fraction of sp³-hybridized carbons (Fsp3) is 0.444. The van der Waals surface area contributed by atoms with E-state index in [1.54, 1.807) is 11.7 Å². The van der Waals surface area contributed by atoms with Gasteiger partial charge in [0.1, 0.15) is 0 Å². The van der Waals surface area contributed by atoms with Crippen LogP contribution in [0, 0.1) is 0 Å². The van der Waals surface area contributed by atoms with E-state index < -0.39 is 0 Å². The molecule has 0 amide bonds. The zero-order valence-corrected chi connectivity index (χ0v) is 8.40. The van der Waals surface area contributed by atoms with Crippen molar-refractivity contribution < 1.29 is 0 Å². The maximum Gasteiger partial charge on any atom is 0.292 e. The van der Waals surface area contributed by atoms with Crippen LogP contribution in [-0.4, -0.2) is 20.0 Å². The molecule has 0 aliphatic heterocycles. The fourth-order valence-corrected chi connectivity index (χ4v) is 1.51. The van der Waals surface area contributed by atoms with Crippen LogP contribution in [0.2, 0.25) is 0 Å². The molecule has 0 bridgehead atoms. The van der Waals surface area contributed by atoms with E-state index in [4.69, 9.17) is 0 Å². The number of aromatic amines is 1. The molecule has 5 heteroatoms. The molecular weight excluding hydrogens is 180 g/mol. The quantitative estimate of drug-likeness (QED) is 0.726. The number of hydrogen-bond donors (Lipinski definition) is 1. The minimum Gasteiger partial charge on any atom is -0.274 e. The summed E-state index contributed by atoms with van der Waals surface area (Å²) in [6, 6.07) is 0. The van der Waals surface area contributed by atoms with E-state index in [1.165, 1.54) is 0 Å². The highest BCUT2D eigenvalue weighted by Crippen LogP contribution is 2.18. The van der Waals surface area contributed by atoms with Gasteiger partial charge < -0.3 is 0 Å². The smallest absolute Gasteiger partial charge is 0.274 e. The van der Waals surface area contributed by atoms with Crippen molar-refractivity contribution in [3.8, 4) is 0 Å². The zero-order valence-electron chi connectivity index (χ0n) is 8.40. The van der Waals surface area contributed by atoms with Gasteiger partial charge in [0, 0.05) is 18.6 Å². The van der Waals surface area contributed by atoms with Gasteiger partial charge in [-0.1, -0.05) is 13.8 Å². The first-order valence-electron chi connectivity index (χ1n) is 4.51. The molecule has 74 valence electrons. The summed E-state index contributed by atoms with van der Waals surface area (Å²) in [5.41, 5.74) is 1.11. The number of aromatic nitrogens is 4. The zero-order chi connectivity index (χ0) is 10.3. The standard InChI is InChI=1S/C9H12N4O/c1-5(2)7-6-4-13(3)12-8(6)9(14)11-10-7/h4-5H,1-3H3,(H,11,14). The molecule has 2 aromatic rings. The first-order valence-corrected chi connectivity index (χ1v) is 4.51. The molecule has 5 nitrogen and oxygen atoms in total. The molecule has 2 rings (SSSR count). The summed E-state index contributed by atoms with van der Waals surface area (Å²) in [4.78, 5) is 11.4. The van der Waals surface area contributed by atoms with E-state index in [9.17, 15) is 4.79 Å². The van der Waals surface area contributed by atoms with E-state index in [2.05, 4.69) is 15.3 Å². The SMILES string of the molecule is CC(C)c1n[nH]c(=O)c2nn(C)cc12. The van der Waals surface area contributed by atoms with Crippen molar-refractivity contribution in [1.82, 2.24) is 20.0 Å². The molecular formula is C9H12N4O. The van der Waals surface area contributed by atoms with Gasteiger partial charge in [-0.3, -0.25) is 9.48 Å². The molecule has 0 aromatic carbocycles. The van der Waals surface area contributed by atoms with Gasteiger partial charge in [0.15, 0.2) is 5.52 Å². The number of nitrogens with zero attached hydrogens (tertiary/aromatic N) is 3. The summed E-state index contributed by atoms with van der Waals surface area (Å²) in [6.07, 6.45) is 1.83. The molecule has 0 aliphatic carbocycles. The average molecular weight is 192 g/mol. The summed E-state index contributed by atoms with van der Waals surface area (Å²) >= 11 is 0. The lowest BCUT2D eigenvalue weighted by Gasteiger charge is -2.02. The van der Waals surface area contributed by atoms with E-state index in [0.717, 1.165) is 11.1 Å². The van der Waals surface area contributed by atoms with Crippen LogP contribution < -0.4 is 5.56 Å². The van der Waals surface area contributed by atoms with Crippen LogP contribution in [0.5, 0.6) is 0 Å². The number of fused-ring (bicyclic) bond motifs is 1. The predicted molar refractivity (Wildman–Crippen MR) is 53.2 cm³/mol. The van der Waals surface area contributed by atoms with Crippen molar-refractivity contribution in [2.75, 3.05) is 0 Å². The largest absolute Gasteiger partial charge is 0.292 e. The molecule has 0 aliphatic rings. The average Bonchev–Trinajstić information content (AvgIpc) is 2.47.